The highest BCUT2D eigenvalue weighted by Gasteiger charge is 2.46. The van der Waals surface area contributed by atoms with Crippen LogP contribution in [0.5, 0.6) is 5.75 Å². The molecule has 0 aliphatic carbocycles. The van der Waals surface area contributed by atoms with Gasteiger partial charge in [-0.25, -0.2) is 9.63 Å². The Kier molecular flexibility index (Phi) is 3.63. The Morgan fingerprint density at radius 3 is 2.48 bits per heavy atom. The first kappa shape index (κ1) is 14.1. The lowest BCUT2D eigenvalue weighted by Crippen LogP contribution is -2.34. The van der Waals surface area contributed by atoms with Crippen LogP contribution >= 0.6 is 0 Å². The minimum atomic E-state index is -0.252. The van der Waals surface area contributed by atoms with Crippen LogP contribution in [0, 0.1) is 0 Å². The van der Waals surface area contributed by atoms with E-state index in [-0.39, 0.29) is 18.4 Å². The van der Waals surface area contributed by atoms with Crippen molar-refractivity contribution in [1.29, 1.82) is 0 Å². The Morgan fingerprint density at radius 2 is 1.74 bits per heavy atom. The van der Waals surface area contributed by atoms with Gasteiger partial charge in [0.1, 0.15) is 11.9 Å². The molecule has 5 nitrogen and oxygen atoms in total. The van der Waals surface area contributed by atoms with Crippen LogP contribution in [0.3, 0.4) is 0 Å². The van der Waals surface area contributed by atoms with Gasteiger partial charge in [0.05, 0.1) is 6.54 Å². The Morgan fingerprint density at radius 1 is 1.04 bits per heavy atom. The number of nitrogens with zero attached hydrogens (tertiary/aromatic N) is 2. The molecule has 2 fully saturated rings. The normalized spacial score (nSPS) is 23.0. The third-order valence-corrected chi connectivity index (χ3v) is 4.12. The molecule has 2 aromatic carbocycles. The number of carbonyl (C=O) groups excluding carboxylic acids is 1. The zero-order chi connectivity index (χ0) is 15.6. The minimum Gasteiger partial charge on any atom is -0.489 e. The number of likely N-dealkylation sites (tertiary alicyclic amines) is 1. The van der Waals surface area contributed by atoms with Crippen LogP contribution in [0.1, 0.15) is 18.2 Å². The molecule has 2 amide bonds. The van der Waals surface area contributed by atoms with Gasteiger partial charge in [-0.05, 0) is 12.1 Å². The smallest absolute Gasteiger partial charge is 0.347 e. The van der Waals surface area contributed by atoms with Crippen LogP contribution in [-0.2, 0) is 4.84 Å². The second-order valence-electron chi connectivity index (χ2n) is 5.76. The quantitative estimate of drug-likeness (QED) is 0.818. The first-order valence-corrected chi connectivity index (χ1v) is 7.83. The molecule has 2 atom stereocenters. The van der Waals surface area contributed by atoms with Crippen molar-refractivity contribution in [3.8, 4) is 5.75 Å². The highest BCUT2D eigenvalue weighted by Crippen LogP contribution is 2.38. The summed E-state index contributed by atoms with van der Waals surface area (Å²) in [6, 6.07) is 19.4. The summed E-state index contributed by atoms with van der Waals surface area (Å²) in [4.78, 5) is 19.7. The standard InChI is InChI=1S/C18H18N2O3/c21-18(20-17(23-20)14-7-3-1-4-8-14)19-12-11-16(13-19)22-15-9-5-2-6-10-15/h1-10,16-17H,11-13H2/t16-,17?,20?/m1/s1. The maximum atomic E-state index is 12.5. The van der Waals surface area contributed by atoms with E-state index in [0.29, 0.717) is 13.1 Å². The maximum Gasteiger partial charge on any atom is 0.347 e. The molecule has 0 aromatic heterocycles. The Labute approximate surface area is 135 Å². The van der Waals surface area contributed by atoms with Crippen molar-refractivity contribution in [3.63, 3.8) is 0 Å². The van der Waals surface area contributed by atoms with Crippen molar-refractivity contribution in [2.75, 3.05) is 13.1 Å². The van der Waals surface area contributed by atoms with E-state index in [9.17, 15) is 4.79 Å². The van der Waals surface area contributed by atoms with Gasteiger partial charge >= 0.3 is 6.03 Å². The third kappa shape index (κ3) is 3.00. The van der Waals surface area contributed by atoms with E-state index >= 15 is 0 Å². The van der Waals surface area contributed by atoms with E-state index in [2.05, 4.69) is 0 Å². The van der Waals surface area contributed by atoms with Crippen LogP contribution in [0.4, 0.5) is 4.79 Å². The molecule has 0 radical (unpaired) electrons. The van der Waals surface area contributed by atoms with Crippen molar-refractivity contribution in [2.24, 2.45) is 0 Å². The van der Waals surface area contributed by atoms with Crippen LogP contribution in [0.15, 0.2) is 60.7 Å². The minimum absolute atomic E-state index is 0.0384. The molecule has 0 saturated carbocycles. The van der Waals surface area contributed by atoms with Gasteiger partial charge in [0, 0.05) is 18.5 Å². The number of urea groups is 1. The van der Waals surface area contributed by atoms with Crippen LogP contribution in [0.25, 0.3) is 0 Å². The second-order valence-corrected chi connectivity index (χ2v) is 5.76. The van der Waals surface area contributed by atoms with Crippen LogP contribution in [-0.4, -0.2) is 35.2 Å². The maximum absolute atomic E-state index is 12.5. The zero-order valence-electron chi connectivity index (χ0n) is 12.7. The molecular formula is C18H18N2O3. The van der Waals surface area contributed by atoms with E-state index in [1.54, 1.807) is 4.90 Å². The van der Waals surface area contributed by atoms with E-state index in [0.717, 1.165) is 17.7 Å². The van der Waals surface area contributed by atoms with E-state index in [1.165, 1.54) is 5.06 Å². The number of benzene rings is 2. The number of hydrogen-bond acceptors (Lipinski definition) is 3. The van der Waals surface area contributed by atoms with Gasteiger partial charge in [-0.2, -0.15) is 5.06 Å². The van der Waals surface area contributed by atoms with Gasteiger partial charge in [-0.3, -0.25) is 0 Å². The fourth-order valence-corrected chi connectivity index (χ4v) is 2.87. The Bertz CT molecular complexity index is 677. The van der Waals surface area contributed by atoms with Crippen LogP contribution < -0.4 is 4.74 Å². The van der Waals surface area contributed by atoms with E-state index in [1.807, 2.05) is 60.7 Å². The molecule has 23 heavy (non-hydrogen) atoms. The predicted octanol–water partition coefficient (Wildman–Crippen LogP) is 3.21. The molecule has 0 bridgehead atoms. The summed E-state index contributed by atoms with van der Waals surface area (Å²) in [7, 11) is 0. The predicted molar refractivity (Wildman–Crippen MR) is 84.6 cm³/mol. The van der Waals surface area contributed by atoms with Gasteiger partial charge < -0.3 is 9.64 Å². The summed E-state index contributed by atoms with van der Waals surface area (Å²) in [5.74, 6) is 0.844. The van der Waals surface area contributed by atoms with Gasteiger partial charge in [-0.15, -0.1) is 0 Å². The lowest BCUT2D eigenvalue weighted by Gasteiger charge is -2.16. The fourth-order valence-electron chi connectivity index (χ4n) is 2.87. The van der Waals surface area contributed by atoms with E-state index < -0.39 is 0 Å². The first-order chi connectivity index (χ1) is 11.3. The Hall–Kier alpha value is -2.53. The topological polar surface area (TPSA) is 45.1 Å². The number of rotatable bonds is 3. The second kappa shape index (κ2) is 5.93. The number of ether oxygens (including phenoxy) is 1. The monoisotopic (exact) mass is 310 g/mol. The number of hydrogen-bond donors (Lipinski definition) is 0. The molecule has 2 heterocycles. The molecule has 2 aliphatic heterocycles. The molecule has 4 rings (SSSR count). The molecule has 0 spiro atoms. The summed E-state index contributed by atoms with van der Waals surface area (Å²) in [6.45, 7) is 1.28. The SMILES string of the molecule is O=C(N1CC[C@@H](Oc2ccccc2)C1)N1OC1c1ccccc1. The molecule has 2 saturated heterocycles. The summed E-state index contributed by atoms with van der Waals surface area (Å²) in [5, 5.41) is 1.43. The Balaban J connectivity index is 1.33. The average molecular weight is 310 g/mol. The van der Waals surface area contributed by atoms with Gasteiger partial charge in [0.15, 0.2) is 0 Å². The van der Waals surface area contributed by atoms with Gasteiger partial charge in [0.25, 0.3) is 0 Å². The van der Waals surface area contributed by atoms with Crippen molar-refractivity contribution < 1.29 is 14.4 Å². The van der Waals surface area contributed by atoms with Crippen molar-refractivity contribution in [1.82, 2.24) is 9.96 Å². The zero-order valence-corrected chi connectivity index (χ0v) is 12.7. The van der Waals surface area contributed by atoms with Gasteiger partial charge in [0.2, 0.25) is 6.23 Å². The molecule has 2 aliphatic rings. The average Bonchev–Trinajstić information content (AvgIpc) is 3.28. The first-order valence-electron chi connectivity index (χ1n) is 7.83. The lowest BCUT2D eigenvalue weighted by atomic mass is 10.2. The highest BCUT2D eigenvalue weighted by molar-refractivity contribution is 5.75. The molecular weight excluding hydrogens is 292 g/mol. The molecule has 0 N–H and O–H groups in total. The summed E-state index contributed by atoms with van der Waals surface area (Å²) >= 11 is 0. The summed E-state index contributed by atoms with van der Waals surface area (Å²) in [6.07, 6.45) is 0.624. The molecule has 5 heteroatoms. The number of para-hydroxylation sites is 1. The summed E-state index contributed by atoms with van der Waals surface area (Å²) in [5.41, 5.74) is 0.997. The van der Waals surface area contributed by atoms with E-state index in [4.69, 9.17) is 9.57 Å². The number of amides is 2. The number of carbonyl (C=O) groups is 1. The van der Waals surface area contributed by atoms with Crippen LogP contribution in [0.2, 0.25) is 0 Å². The number of hydroxylamine groups is 2. The third-order valence-electron chi connectivity index (χ3n) is 4.12. The van der Waals surface area contributed by atoms with Crippen molar-refractivity contribution in [2.45, 2.75) is 18.8 Å². The van der Waals surface area contributed by atoms with Crippen molar-refractivity contribution >= 4 is 6.03 Å². The van der Waals surface area contributed by atoms with Crippen molar-refractivity contribution in [3.05, 3.63) is 66.2 Å². The lowest BCUT2D eigenvalue weighted by molar-refractivity contribution is 0.139. The molecule has 1 unspecified atom stereocenters. The molecule has 2 aromatic rings. The largest absolute Gasteiger partial charge is 0.489 e. The summed E-state index contributed by atoms with van der Waals surface area (Å²) < 4.78 is 5.91. The van der Waals surface area contributed by atoms with Gasteiger partial charge in [-0.1, -0.05) is 48.5 Å². The molecule has 118 valence electrons. The fraction of sp³-hybridized carbons (Fsp3) is 0.278. The highest BCUT2D eigenvalue weighted by atomic mass is 16.8.